The molecule has 0 aliphatic rings. The average Bonchev–Trinajstić information content (AvgIpc) is 2.26. The van der Waals surface area contributed by atoms with Gasteiger partial charge in [0.25, 0.3) is 0 Å². The van der Waals surface area contributed by atoms with Gasteiger partial charge in [0.05, 0.1) is 12.2 Å². The first-order valence-electron chi connectivity index (χ1n) is 6.63. The lowest BCUT2D eigenvalue weighted by molar-refractivity contribution is 0.227. The molecule has 1 rings (SSSR count). The molecule has 3 nitrogen and oxygen atoms in total. The summed E-state index contributed by atoms with van der Waals surface area (Å²) in [4.78, 5) is 0. The molecule has 0 saturated heterocycles. The maximum atomic E-state index is 5.86. The molecule has 0 aliphatic heterocycles. The Morgan fingerprint density at radius 3 is 2.28 bits per heavy atom. The van der Waals surface area contributed by atoms with E-state index in [1.807, 2.05) is 46.9 Å². The van der Waals surface area contributed by atoms with E-state index in [-0.39, 0.29) is 12.2 Å². The standard InChI is InChI=1S/C15H25NO2/c1-11(2)17-14-7-6-13(8-9-16-5)15(10-14)18-12(3)4/h6-7,10-12,16H,8-9H2,1-5H3. The van der Waals surface area contributed by atoms with Gasteiger partial charge in [-0.2, -0.15) is 0 Å². The number of likely N-dealkylation sites (N-methyl/N-ethyl adjacent to an activating group) is 1. The molecule has 0 bridgehead atoms. The van der Waals surface area contributed by atoms with Gasteiger partial charge < -0.3 is 14.8 Å². The van der Waals surface area contributed by atoms with Gasteiger partial charge in [0.1, 0.15) is 11.5 Å². The van der Waals surface area contributed by atoms with Crippen molar-refractivity contribution < 1.29 is 9.47 Å². The fourth-order valence-corrected chi connectivity index (χ4v) is 1.71. The second kappa shape index (κ2) is 7.27. The van der Waals surface area contributed by atoms with Crippen molar-refractivity contribution in [2.45, 2.75) is 46.3 Å². The van der Waals surface area contributed by atoms with Gasteiger partial charge in [-0.1, -0.05) is 6.07 Å². The first-order chi connectivity index (χ1) is 8.52. The van der Waals surface area contributed by atoms with Crippen LogP contribution in [0.3, 0.4) is 0 Å². The largest absolute Gasteiger partial charge is 0.491 e. The van der Waals surface area contributed by atoms with Crippen molar-refractivity contribution >= 4 is 0 Å². The summed E-state index contributed by atoms with van der Waals surface area (Å²) in [6.45, 7) is 9.07. The van der Waals surface area contributed by atoms with Gasteiger partial charge in [-0.25, -0.2) is 0 Å². The molecule has 0 heterocycles. The van der Waals surface area contributed by atoms with Gasteiger partial charge >= 0.3 is 0 Å². The summed E-state index contributed by atoms with van der Waals surface area (Å²) in [7, 11) is 1.96. The van der Waals surface area contributed by atoms with E-state index in [0.717, 1.165) is 24.5 Å². The highest BCUT2D eigenvalue weighted by Gasteiger charge is 2.08. The van der Waals surface area contributed by atoms with Crippen molar-refractivity contribution in [2.24, 2.45) is 0 Å². The molecule has 0 atom stereocenters. The minimum Gasteiger partial charge on any atom is -0.491 e. The zero-order valence-corrected chi connectivity index (χ0v) is 12.1. The molecule has 0 saturated carbocycles. The summed E-state index contributed by atoms with van der Waals surface area (Å²) in [6, 6.07) is 6.09. The third-order valence-corrected chi connectivity index (χ3v) is 2.42. The highest BCUT2D eigenvalue weighted by Crippen LogP contribution is 2.27. The SMILES string of the molecule is CNCCc1ccc(OC(C)C)cc1OC(C)C. The Labute approximate surface area is 110 Å². The molecule has 102 valence electrons. The smallest absolute Gasteiger partial charge is 0.126 e. The van der Waals surface area contributed by atoms with Crippen molar-refractivity contribution in [1.29, 1.82) is 0 Å². The van der Waals surface area contributed by atoms with E-state index in [4.69, 9.17) is 9.47 Å². The Hall–Kier alpha value is -1.22. The Morgan fingerprint density at radius 2 is 1.72 bits per heavy atom. The second-order valence-corrected chi connectivity index (χ2v) is 4.96. The van der Waals surface area contributed by atoms with Crippen molar-refractivity contribution in [3.8, 4) is 11.5 Å². The van der Waals surface area contributed by atoms with Crippen LogP contribution in [-0.2, 0) is 6.42 Å². The number of benzene rings is 1. The van der Waals surface area contributed by atoms with Gasteiger partial charge in [0.2, 0.25) is 0 Å². The van der Waals surface area contributed by atoms with E-state index in [1.54, 1.807) is 0 Å². The lowest BCUT2D eigenvalue weighted by Crippen LogP contribution is -2.13. The van der Waals surface area contributed by atoms with Crippen LogP contribution < -0.4 is 14.8 Å². The Balaban J connectivity index is 2.88. The maximum Gasteiger partial charge on any atom is 0.126 e. The summed E-state index contributed by atoms with van der Waals surface area (Å²) in [5, 5.41) is 3.16. The highest BCUT2D eigenvalue weighted by molar-refractivity contribution is 5.41. The quantitative estimate of drug-likeness (QED) is 0.808. The number of nitrogens with one attached hydrogen (secondary N) is 1. The lowest BCUT2D eigenvalue weighted by Gasteiger charge is -2.17. The summed E-state index contributed by atoms with van der Waals surface area (Å²) < 4.78 is 11.6. The van der Waals surface area contributed by atoms with Crippen molar-refractivity contribution in [3.05, 3.63) is 23.8 Å². The minimum atomic E-state index is 0.174. The van der Waals surface area contributed by atoms with E-state index in [1.165, 1.54) is 5.56 Å². The zero-order chi connectivity index (χ0) is 13.5. The van der Waals surface area contributed by atoms with Crippen LogP contribution in [0.2, 0.25) is 0 Å². The minimum absolute atomic E-state index is 0.174. The zero-order valence-electron chi connectivity index (χ0n) is 12.1. The first kappa shape index (κ1) is 14.8. The maximum absolute atomic E-state index is 5.86. The van der Waals surface area contributed by atoms with E-state index in [0.29, 0.717) is 0 Å². The van der Waals surface area contributed by atoms with E-state index < -0.39 is 0 Å². The van der Waals surface area contributed by atoms with Crippen LogP contribution in [-0.4, -0.2) is 25.8 Å². The third-order valence-electron chi connectivity index (χ3n) is 2.42. The molecule has 3 heteroatoms. The Kier molecular flexibility index (Phi) is 5.99. The third kappa shape index (κ3) is 4.96. The van der Waals surface area contributed by atoms with Crippen LogP contribution in [0.4, 0.5) is 0 Å². The summed E-state index contributed by atoms with van der Waals surface area (Å²) in [6.07, 6.45) is 1.31. The average molecular weight is 251 g/mol. The highest BCUT2D eigenvalue weighted by atomic mass is 16.5. The predicted octanol–water partition coefficient (Wildman–Crippen LogP) is 3.02. The molecule has 0 fully saturated rings. The molecule has 18 heavy (non-hydrogen) atoms. The van der Waals surface area contributed by atoms with Crippen LogP contribution in [0.5, 0.6) is 11.5 Å². The summed E-state index contributed by atoms with van der Waals surface area (Å²) in [5.41, 5.74) is 1.22. The van der Waals surface area contributed by atoms with E-state index in [2.05, 4.69) is 11.4 Å². The number of rotatable bonds is 7. The normalized spacial score (nSPS) is 11.1. The van der Waals surface area contributed by atoms with Gasteiger partial charge in [0.15, 0.2) is 0 Å². The fourth-order valence-electron chi connectivity index (χ4n) is 1.71. The Bertz CT molecular complexity index is 362. The fraction of sp³-hybridized carbons (Fsp3) is 0.600. The number of hydrogen-bond donors (Lipinski definition) is 1. The summed E-state index contributed by atoms with van der Waals surface area (Å²) in [5.74, 6) is 1.80. The molecule has 1 aromatic carbocycles. The number of hydrogen-bond acceptors (Lipinski definition) is 3. The molecular formula is C15H25NO2. The summed E-state index contributed by atoms with van der Waals surface area (Å²) >= 11 is 0. The first-order valence-corrected chi connectivity index (χ1v) is 6.63. The van der Waals surface area contributed by atoms with Crippen LogP contribution in [0.25, 0.3) is 0 Å². The molecule has 0 radical (unpaired) electrons. The van der Waals surface area contributed by atoms with Gasteiger partial charge in [-0.3, -0.25) is 0 Å². The van der Waals surface area contributed by atoms with Crippen LogP contribution in [0.1, 0.15) is 33.3 Å². The molecule has 0 unspecified atom stereocenters. The molecule has 0 spiro atoms. The Morgan fingerprint density at radius 1 is 1.06 bits per heavy atom. The van der Waals surface area contributed by atoms with E-state index in [9.17, 15) is 0 Å². The molecule has 1 aromatic rings. The van der Waals surface area contributed by atoms with Gasteiger partial charge in [-0.05, 0) is 59.3 Å². The molecule has 0 aromatic heterocycles. The van der Waals surface area contributed by atoms with Crippen LogP contribution in [0.15, 0.2) is 18.2 Å². The molecular weight excluding hydrogens is 226 g/mol. The number of ether oxygens (including phenoxy) is 2. The van der Waals surface area contributed by atoms with Crippen molar-refractivity contribution in [2.75, 3.05) is 13.6 Å². The molecule has 1 N–H and O–H groups in total. The second-order valence-electron chi connectivity index (χ2n) is 4.96. The van der Waals surface area contributed by atoms with Gasteiger partial charge in [0, 0.05) is 6.07 Å². The molecule has 0 aliphatic carbocycles. The van der Waals surface area contributed by atoms with Crippen molar-refractivity contribution in [3.63, 3.8) is 0 Å². The lowest BCUT2D eigenvalue weighted by atomic mass is 10.1. The van der Waals surface area contributed by atoms with E-state index >= 15 is 0 Å². The topological polar surface area (TPSA) is 30.5 Å². The molecule has 0 amide bonds. The van der Waals surface area contributed by atoms with Crippen LogP contribution in [0, 0.1) is 0 Å². The van der Waals surface area contributed by atoms with Crippen molar-refractivity contribution in [1.82, 2.24) is 5.32 Å². The predicted molar refractivity (Wildman–Crippen MR) is 75.6 cm³/mol. The van der Waals surface area contributed by atoms with Crippen LogP contribution >= 0.6 is 0 Å². The van der Waals surface area contributed by atoms with Gasteiger partial charge in [-0.15, -0.1) is 0 Å². The monoisotopic (exact) mass is 251 g/mol.